The highest BCUT2D eigenvalue weighted by Gasteiger charge is 2.61. The molecule has 13 aliphatic rings. The molecule has 11 fully saturated rings. The van der Waals surface area contributed by atoms with Crippen LogP contribution in [0.2, 0.25) is 26.0 Å². The summed E-state index contributed by atoms with van der Waals surface area (Å²) >= 11 is 19.4. The summed E-state index contributed by atoms with van der Waals surface area (Å²) in [5, 5.41) is 32.3. The van der Waals surface area contributed by atoms with Gasteiger partial charge >= 0.3 is 49.8 Å². The van der Waals surface area contributed by atoms with E-state index in [0.717, 1.165) is 151 Å². The molecule has 17 rings (SSSR count). The Bertz CT molecular complexity index is 4620. The Balaban J connectivity index is 0.000000195. The van der Waals surface area contributed by atoms with Crippen molar-refractivity contribution in [1.29, 1.82) is 0 Å². The number of nitrogens with zero attached hydrogens (tertiary/aromatic N) is 4. The lowest BCUT2D eigenvalue weighted by Crippen LogP contribution is -2.55. The highest BCUT2D eigenvalue weighted by molar-refractivity contribution is 9.09. The van der Waals surface area contributed by atoms with E-state index in [4.69, 9.17) is 67.5 Å². The molecule has 0 aromatic heterocycles. The Labute approximate surface area is 929 Å². The maximum atomic E-state index is 13.2. The molecule has 2 aliphatic carbocycles. The van der Waals surface area contributed by atoms with Crippen molar-refractivity contribution >= 4 is 151 Å². The van der Waals surface area contributed by atoms with Crippen molar-refractivity contribution in [2.75, 3.05) is 80.2 Å². The van der Waals surface area contributed by atoms with E-state index in [1.54, 1.807) is 11.0 Å². The van der Waals surface area contributed by atoms with Gasteiger partial charge in [-0.05, 0) is 365 Å². The molecule has 24 nitrogen and oxygen atoms in total. The van der Waals surface area contributed by atoms with Gasteiger partial charge in [0, 0.05) is 59.3 Å². The van der Waals surface area contributed by atoms with Gasteiger partial charge in [0.2, 0.25) is 17.7 Å². The monoisotopic (exact) mass is 2330 g/mol. The number of hydrogen-bond donors (Lipinski definition) is 5. The zero-order valence-corrected chi connectivity index (χ0v) is 102. The lowest BCUT2D eigenvalue weighted by atomic mass is 9.76. The van der Waals surface area contributed by atoms with E-state index in [1.807, 2.05) is 65.2 Å². The van der Waals surface area contributed by atoms with E-state index in [1.165, 1.54) is 70.3 Å². The number of amides is 3. The third kappa shape index (κ3) is 32.8. The van der Waals surface area contributed by atoms with Crippen molar-refractivity contribution < 1.29 is 80.3 Å². The molecule has 4 aromatic rings. The van der Waals surface area contributed by atoms with Crippen LogP contribution in [0.3, 0.4) is 0 Å². The first kappa shape index (κ1) is 128. The summed E-state index contributed by atoms with van der Waals surface area (Å²) in [5.74, 6) is 1.31. The van der Waals surface area contributed by atoms with Gasteiger partial charge in [0.05, 0.1) is 109 Å². The quantitative estimate of drug-likeness (QED) is 0.0179. The Morgan fingerprint density at radius 1 is 0.449 bits per heavy atom. The second kappa shape index (κ2) is 54.6. The Morgan fingerprint density at radius 2 is 0.769 bits per heavy atom. The normalized spacial score (nSPS) is 25.2. The van der Waals surface area contributed by atoms with Gasteiger partial charge in [-0.2, -0.15) is 0 Å². The van der Waals surface area contributed by atoms with Gasteiger partial charge in [-0.1, -0.05) is 194 Å². The number of carbonyl (C=O) groups is 3. The van der Waals surface area contributed by atoms with Crippen LogP contribution in [0.25, 0.3) is 0 Å². The lowest BCUT2D eigenvalue weighted by molar-refractivity contribution is -0.131. The largest absolute Gasteiger partial charge is 0.482 e. The molecule has 0 radical (unpaired) electrons. The number of aryl methyl sites for hydroxylation is 4. The van der Waals surface area contributed by atoms with Gasteiger partial charge in [-0.25, -0.2) is 0 Å². The molecular formula is C110H183B7Br4ClN7O17Si. The maximum Gasteiger partial charge on any atom is 0.482 e. The van der Waals surface area contributed by atoms with Crippen molar-refractivity contribution in [3.63, 3.8) is 0 Å². The topological polar surface area (TPSA) is 251 Å². The van der Waals surface area contributed by atoms with Crippen LogP contribution in [0, 0.1) is 0 Å². The van der Waals surface area contributed by atoms with Crippen molar-refractivity contribution in [3.05, 3.63) is 154 Å². The molecule has 11 aliphatic heterocycles. The number of benzene rings is 4. The summed E-state index contributed by atoms with van der Waals surface area (Å²) in [5.41, 5.74) is 8.29. The molecule has 11 saturated heterocycles. The minimum atomic E-state index is -1.46. The van der Waals surface area contributed by atoms with E-state index < -0.39 is 21.3 Å². The van der Waals surface area contributed by atoms with E-state index >= 15 is 0 Å². The van der Waals surface area contributed by atoms with Gasteiger partial charge in [-0.15, -0.1) is 18.2 Å². The zero-order chi connectivity index (χ0) is 108. The van der Waals surface area contributed by atoms with E-state index in [9.17, 15) is 24.4 Å². The number of carbonyl (C=O) groups excluding carboxylic acids is 3. The average Bonchev–Trinajstić information content (AvgIpc) is 1.64. The van der Waals surface area contributed by atoms with Gasteiger partial charge in [0.1, 0.15) is 8.24 Å². The summed E-state index contributed by atoms with van der Waals surface area (Å²) in [6, 6.07) is 35.1. The van der Waals surface area contributed by atoms with Crippen molar-refractivity contribution in [1.82, 2.24) is 35.2 Å². The van der Waals surface area contributed by atoms with E-state index in [0.29, 0.717) is 48.6 Å². The lowest BCUT2D eigenvalue weighted by Gasteiger charge is -2.36. The number of likely N-dealkylation sites (tertiary alicyclic amines) is 3. The Morgan fingerprint density at radius 3 is 1.12 bits per heavy atom. The molecule has 6 atom stereocenters. The second-order valence-corrected chi connectivity index (χ2v) is 56.7. The number of allylic oxidation sites excluding steroid dienone is 1. The van der Waals surface area contributed by atoms with Gasteiger partial charge in [-0.3, -0.25) is 14.4 Å². The molecular weight excluding hydrogens is 2150 g/mol. The van der Waals surface area contributed by atoms with Crippen LogP contribution in [0.1, 0.15) is 326 Å². The number of nitrogens with one attached hydrogen (secondary N) is 3. The van der Waals surface area contributed by atoms with Crippen LogP contribution in [-0.4, -0.2) is 288 Å². The zero-order valence-electron chi connectivity index (χ0n) is 93.7. The summed E-state index contributed by atoms with van der Waals surface area (Å²) in [7, 11) is -3.82. The summed E-state index contributed by atoms with van der Waals surface area (Å²) in [6.45, 7) is 67.2. The molecule has 0 spiro atoms. The van der Waals surface area contributed by atoms with Crippen LogP contribution < -0.4 is 16.0 Å². The Hall–Kier alpha value is -2.81. The molecule has 147 heavy (non-hydrogen) atoms. The molecule has 820 valence electrons. The highest BCUT2D eigenvalue weighted by Crippen LogP contribution is 2.48. The SMILES string of the molecule is C.C=CCBr.CC1(C)OB(C(Cl)CCCBr)OC1(C)C.CC1(C)OB(C2CCCN2)OC1(C)C.CC1(C)OB(C2CCCN2C(=O)CBr)OC1(C)C.CC1(C)OB(C2CCCN2C(=O)CNCCC2c3ccccc3CCc3ccccc32)OC1(C)C.CC1(C)OB(C2CCCN2[Si](C)(C)C)OC1(C)C.CC1(C)OB(CCCBr)OC1(C)C.O=C(CNCCC1c2ccccc2CCc2ccccc21)N1CCCC1B(O)O. The number of fused-ring (bicyclic) bond motifs is 4. The van der Waals surface area contributed by atoms with Gasteiger partial charge in [0.15, 0.2) is 0 Å². The fraction of sp³-hybridized carbons (Fsp3) is 0.736. The third-order valence-corrected chi connectivity index (χ3v) is 38.7. The second-order valence-electron chi connectivity index (χ2n) is 48.5. The first-order chi connectivity index (χ1) is 68.3. The molecule has 3 amide bonds. The molecule has 0 bridgehead atoms. The number of alkyl halides is 5. The van der Waals surface area contributed by atoms with E-state index in [2.05, 4.69) is 318 Å². The Kier molecular flexibility index (Phi) is 47.4. The summed E-state index contributed by atoms with van der Waals surface area (Å²) in [4.78, 5) is 43.0. The van der Waals surface area contributed by atoms with Crippen LogP contribution in [0.5, 0.6) is 0 Å². The fourth-order valence-corrected chi connectivity index (χ4v) is 24.4. The summed E-state index contributed by atoms with van der Waals surface area (Å²) < 4.78 is 75.1. The minimum absolute atomic E-state index is 0. The van der Waals surface area contributed by atoms with Crippen molar-refractivity contribution in [2.24, 2.45) is 0 Å². The van der Waals surface area contributed by atoms with Crippen LogP contribution in [0.15, 0.2) is 110 Å². The summed E-state index contributed by atoms with van der Waals surface area (Å²) in [6.07, 6.45) is 22.3. The first-order valence-corrected chi connectivity index (χ1v) is 62.7. The predicted octanol–water partition coefficient (Wildman–Crippen LogP) is 21.2. The molecule has 5 N–H and O–H groups in total. The molecule has 0 saturated carbocycles. The highest BCUT2D eigenvalue weighted by atomic mass is 79.9. The molecule has 4 aromatic carbocycles. The van der Waals surface area contributed by atoms with Gasteiger partial charge in [0.25, 0.3) is 0 Å². The average molecular weight is 2330 g/mol. The van der Waals surface area contributed by atoms with E-state index in [-0.39, 0.29) is 159 Å². The minimum Gasteiger partial charge on any atom is -0.426 e. The number of hydrogen-bond acceptors (Lipinski definition) is 21. The molecule has 37 heteroatoms. The smallest absolute Gasteiger partial charge is 0.426 e. The number of rotatable bonds is 25. The third-order valence-electron chi connectivity index (χ3n) is 33.9. The van der Waals surface area contributed by atoms with Crippen LogP contribution in [0.4, 0.5) is 0 Å². The molecule has 6 unspecified atom stereocenters. The predicted molar refractivity (Wildman–Crippen MR) is 625 cm³/mol. The number of halogens is 5. The fourth-order valence-electron chi connectivity index (χ4n) is 21.1. The van der Waals surface area contributed by atoms with Crippen molar-refractivity contribution in [2.45, 2.75) is 436 Å². The standard InChI is InChI=1S/C29H39BN2O3.C23H29BN2O3.C13H28BNO2Si.C12H21BBrNO3.C10H19BBrClO2.C10H20BNO2.C9H18BBrO2.C3H5Br.CH4/c1-28(2)29(3,4)35-30(34-28)26-14-9-19-32(26)27(33)20-31-18-17-25-23-12-7-5-10-21(23)15-16-22-11-6-8-13-24(22)25;27-23(26-15-5-10-22(26)24(28)29)16-25-14-13-21-19-8-3-1-6-17(19)11-12-18-7-2-4-9-20(18)21;1-12(2)13(3,4)17-14(16-12)11-9-8-10-15(11)18(5,6)7;1-11(2)12(3,4)18-13(17-11)9-6-5-7-15(9)10(16)8-14;1-9(2)10(3,4)15-11(14-9)8(13)6-5-7-12;1-9(2)10(3,4)14-11(13-9)8-6-5-7-12-8;1-8(2)9(3,4)13-10(12-8)6-5-7-11;1-2-3-4;/h5-8,10-13,25-26,31H,9,14-20H2,1-4H3;1-4,6-9,21-22,25,28-29H,5,10-16H2;11H,8-10H2,1-7H3;9H,5-8H2,1-4H3;8H,5-7H2,1-4H3;8,12H,5-7H2,1-4H3;5-7H2,1-4H3;2H,1,3H2;1H4. The van der Waals surface area contributed by atoms with Gasteiger partial charge < -0.3 is 101 Å². The maximum absolute atomic E-state index is 13.2. The van der Waals surface area contributed by atoms with Crippen LogP contribution in [-0.2, 0) is 95.9 Å². The first-order valence-electron chi connectivity index (χ1n) is 54.4. The molecule has 11 heterocycles. The van der Waals surface area contributed by atoms with Crippen LogP contribution >= 0.6 is 75.3 Å². The van der Waals surface area contributed by atoms with Crippen molar-refractivity contribution in [3.8, 4) is 0 Å².